The Morgan fingerprint density at radius 2 is 2.10 bits per heavy atom. The van der Waals surface area contributed by atoms with Gasteiger partial charge < -0.3 is 24.9 Å². The Labute approximate surface area is 176 Å². The fourth-order valence-electron chi connectivity index (χ4n) is 4.33. The Hall–Kier alpha value is -3.03. The minimum Gasteiger partial charge on any atom is -0.408 e. The fourth-order valence-corrected chi connectivity index (χ4v) is 4.33. The highest BCUT2D eigenvalue weighted by Gasteiger charge is 2.32. The number of aryl methyl sites for hydroxylation is 1. The Bertz CT molecular complexity index is 1010. The molecule has 1 atom stereocenters. The number of nitrogens with two attached hydrogens (primary N) is 1. The van der Waals surface area contributed by atoms with Gasteiger partial charge in [0.05, 0.1) is 0 Å². The van der Waals surface area contributed by atoms with Crippen molar-refractivity contribution >= 4 is 16.9 Å². The van der Waals surface area contributed by atoms with Gasteiger partial charge in [-0.2, -0.15) is 4.98 Å². The van der Waals surface area contributed by atoms with Gasteiger partial charge in [0.1, 0.15) is 6.04 Å². The van der Waals surface area contributed by atoms with Crippen LogP contribution < -0.4 is 5.73 Å². The van der Waals surface area contributed by atoms with Crippen molar-refractivity contribution in [3.63, 3.8) is 0 Å². The lowest BCUT2D eigenvalue weighted by Crippen LogP contribution is -2.36. The van der Waals surface area contributed by atoms with Gasteiger partial charge in [0.2, 0.25) is 17.7 Å². The van der Waals surface area contributed by atoms with Crippen LogP contribution in [0.2, 0.25) is 0 Å². The summed E-state index contributed by atoms with van der Waals surface area (Å²) in [6, 6.07) is 8.19. The van der Waals surface area contributed by atoms with E-state index in [0.29, 0.717) is 18.3 Å². The van der Waals surface area contributed by atoms with Crippen LogP contribution in [0.4, 0.5) is 0 Å². The van der Waals surface area contributed by atoms with E-state index in [1.54, 1.807) is 4.90 Å². The first kappa shape index (κ1) is 20.3. The lowest BCUT2D eigenvalue weighted by atomic mass is 10.1. The summed E-state index contributed by atoms with van der Waals surface area (Å²) in [5, 5.41) is 17.6. The van der Waals surface area contributed by atoms with Crippen LogP contribution in [0.25, 0.3) is 22.3 Å². The number of hydrogen-bond donors (Lipinski definition) is 2. The molecule has 3 heterocycles. The summed E-state index contributed by atoms with van der Waals surface area (Å²) in [4.78, 5) is 6.49. The van der Waals surface area contributed by atoms with E-state index in [9.17, 15) is 0 Å². The third-order valence-electron chi connectivity index (χ3n) is 5.91. The summed E-state index contributed by atoms with van der Waals surface area (Å²) < 4.78 is 7.90. The molecule has 1 saturated heterocycles. The maximum atomic E-state index is 9.03. The number of nitrogens with zero attached hydrogens (tertiary/aromatic N) is 5. The zero-order valence-corrected chi connectivity index (χ0v) is 17.5. The standard InChI is InChI=1S/C22H30N6O2/c1-2-3-4-5-8-13-27-15-17(16-10-6-7-11-18(16)27)20-24-21(30-26-20)19-12-9-14-28(19)22(23)25-29/h6-7,10-11,15,19,29H,2-5,8-9,12-14H2,1H3,(H2,23,25)/t19-/m0/s1. The number of oxime groups is 1. The van der Waals surface area contributed by atoms with E-state index in [1.165, 1.54) is 31.2 Å². The number of benzene rings is 1. The van der Waals surface area contributed by atoms with Crippen LogP contribution in [-0.4, -0.2) is 37.3 Å². The zero-order valence-electron chi connectivity index (χ0n) is 17.5. The van der Waals surface area contributed by atoms with Crippen LogP contribution >= 0.6 is 0 Å². The van der Waals surface area contributed by atoms with Crippen molar-refractivity contribution < 1.29 is 9.73 Å². The summed E-state index contributed by atoms with van der Waals surface area (Å²) in [6.07, 6.45) is 10.1. The zero-order chi connectivity index (χ0) is 20.9. The monoisotopic (exact) mass is 410 g/mol. The number of unbranched alkanes of at least 4 members (excludes halogenated alkanes) is 4. The maximum Gasteiger partial charge on any atom is 0.249 e. The van der Waals surface area contributed by atoms with E-state index in [2.05, 4.69) is 51.2 Å². The first-order chi connectivity index (χ1) is 14.7. The molecule has 8 heteroatoms. The molecular formula is C22H30N6O2. The summed E-state index contributed by atoms with van der Waals surface area (Å²) in [5.41, 5.74) is 7.97. The third-order valence-corrected chi connectivity index (χ3v) is 5.91. The number of fused-ring (bicyclic) bond motifs is 1. The van der Waals surface area contributed by atoms with Gasteiger partial charge in [-0.15, -0.1) is 0 Å². The van der Waals surface area contributed by atoms with Crippen LogP contribution in [0.5, 0.6) is 0 Å². The molecule has 0 radical (unpaired) electrons. The molecule has 1 aromatic carbocycles. The summed E-state index contributed by atoms with van der Waals surface area (Å²) in [6.45, 7) is 3.92. The quantitative estimate of drug-likeness (QED) is 0.186. The van der Waals surface area contributed by atoms with E-state index < -0.39 is 0 Å². The fraction of sp³-hybridized carbons (Fsp3) is 0.500. The van der Waals surface area contributed by atoms with E-state index >= 15 is 0 Å². The highest BCUT2D eigenvalue weighted by Crippen LogP contribution is 2.34. The number of rotatable bonds is 8. The third kappa shape index (κ3) is 3.99. The predicted octanol–water partition coefficient (Wildman–Crippen LogP) is 4.50. The van der Waals surface area contributed by atoms with Gasteiger partial charge in [-0.05, 0) is 25.3 Å². The van der Waals surface area contributed by atoms with Crippen molar-refractivity contribution in [1.82, 2.24) is 19.6 Å². The maximum absolute atomic E-state index is 9.03. The molecule has 3 N–H and O–H groups in total. The Morgan fingerprint density at radius 3 is 2.93 bits per heavy atom. The lowest BCUT2D eigenvalue weighted by Gasteiger charge is -2.21. The van der Waals surface area contributed by atoms with Gasteiger partial charge in [0.25, 0.3) is 0 Å². The molecule has 0 bridgehead atoms. The highest BCUT2D eigenvalue weighted by molar-refractivity contribution is 5.94. The summed E-state index contributed by atoms with van der Waals surface area (Å²) in [7, 11) is 0. The molecule has 1 aliphatic rings. The van der Waals surface area contributed by atoms with Gasteiger partial charge in [-0.25, -0.2) is 0 Å². The Kier molecular flexibility index (Phi) is 6.21. The summed E-state index contributed by atoms with van der Waals surface area (Å²) in [5.74, 6) is 1.17. The predicted molar refractivity (Wildman–Crippen MR) is 116 cm³/mol. The second kappa shape index (κ2) is 9.19. The van der Waals surface area contributed by atoms with Crippen molar-refractivity contribution in [2.45, 2.75) is 64.5 Å². The van der Waals surface area contributed by atoms with Crippen molar-refractivity contribution in [1.29, 1.82) is 0 Å². The van der Waals surface area contributed by atoms with Crippen molar-refractivity contribution in [2.75, 3.05) is 6.54 Å². The second-order valence-electron chi connectivity index (χ2n) is 7.93. The normalized spacial score (nSPS) is 17.3. The largest absolute Gasteiger partial charge is 0.408 e. The van der Waals surface area contributed by atoms with Crippen LogP contribution in [0.1, 0.15) is 63.8 Å². The molecule has 8 nitrogen and oxygen atoms in total. The number of likely N-dealkylation sites (tertiary alicyclic amines) is 1. The lowest BCUT2D eigenvalue weighted by molar-refractivity contribution is 0.263. The first-order valence-electron chi connectivity index (χ1n) is 10.9. The molecule has 0 spiro atoms. The minimum atomic E-state index is -0.158. The van der Waals surface area contributed by atoms with Gasteiger partial charge >= 0.3 is 0 Å². The molecule has 1 aliphatic heterocycles. The van der Waals surface area contributed by atoms with E-state index in [-0.39, 0.29) is 12.0 Å². The SMILES string of the molecule is CCCCCCCn1cc(-c2noc([C@@H]3CCCN3/C(N)=N/O)n2)c2ccccc21. The molecule has 4 rings (SSSR count). The van der Waals surface area contributed by atoms with E-state index in [4.69, 9.17) is 15.5 Å². The van der Waals surface area contributed by atoms with Crippen LogP contribution in [-0.2, 0) is 6.54 Å². The van der Waals surface area contributed by atoms with Crippen LogP contribution in [0.15, 0.2) is 40.1 Å². The molecule has 160 valence electrons. The topological polar surface area (TPSA) is 106 Å². The minimum absolute atomic E-state index is 0.0805. The van der Waals surface area contributed by atoms with Gasteiger partial charge in [-0.3, -0.25) is 0 Å². The molecule has 30 heavy (non-hydrogen) atoms. The Balaban J connectivity index is 1.58. The smallest absolute Gasteiger partial charge is 0.249 e. The molecule has 1 fully saturated rings. The number of aromatic nitrogens is 3. The van der Waals surface area contributed by atoms with E-state index in [1.807, 2.05) is 6.07 Å². The van der Waals surface area contributed by atoms with Crippen molar-refractivity contribution in [3.8, 4) is 11.4 Å². The molecule has 0 unspecified atom stereocenters. The number of hydrogen-bond acceptors (Lipinski definition) is 5. The van der Waals surface area contributed by atoms with Crippen molar-refractivity contribution in [3.05, 3.63) is 36.4 Å². The average Bonchev–Trinajstić information content (AvgIpc) is 3.51. The molecule has 0 amide bonds. The van der Waals surface area contributed by atoms with Crippen LogP contribution in [0, 0.1) is 0 Å². The highest BCUT2D eigenvalue weighted by atomic mass is 16.5. The Morgan fingerprint density at radius 1 is 1.27 bits per heavy atom. The van der Waals surface area contributed by atoms with Crippen molar-refractivity contribution in [2.24, 2.45) is 10.9 Å². The van der Waals surface area contributed by atoms with E-state index in [0.717, 1.165) is 36.8 Å². The molecule has 2 aromatic heterocycles. The molecule has 0 saturated carbocycles. The second-order valence-corrected chi connectivity index (χ2v) is 7.93. The van der Waals surface area contributed by atoms with Crippen LogP contribution in [0.3, 0.4) is 0 Å². The summed E-state index contributed by atoms with van der Waals surface area (Å²) >= 11 is 0. The van der Waals surface area contributed by atoms with Gasteiger partial charge in [-0.1, -0.05) is 61.1 Å². The first-order valence-corrected chi connectivity index (χ1v) is 10.9. The molecule has 0 aliphatic carbocycles. The molecular weight excluding hydrogens is 380 g/mol. The molecule has 3 aromatic rings. The van der Waals surface area contributed by atoms with Gasteiger partial charge in [0.15, 0.2) is 0 Å². The average molecular weight is 411 g/mol. The van der Waals surface area contributed by atoms with Gasteiger partial charge in [0, 0.05) is 35.8 Å². The number of guanidine groups is 1. The number of para-hydroxylation sites is 1.